The highest BCUT2D eigenvalue weighted by atomic mass is 16.4. The van der Waals surface area contributed by atoms with Crippen LogP contribution in [0.3, 0.4) is 0 Å². The van der Waals surface area contributed by atoms with Gasteiger partial charge in [0, 0.05) is 25.6 Å². The van der Waals surface area contributed by atoms with Gasteiger partial charge in [-0.2, -0.15) is 0 Å². The van der Waals surface area contributed by atoms with E-state index >= 15 is 0 Å². The van der Waals surface area contributed by atoms with Crippen LogP contribution in [0.25, 0.3) is 0 Å². The second-order valence-electron chi connectivity index (χ2n) is 5.13. The van der Waals surface area contributed by atoms with E-state index in [0.717, 1.165) is 6.54 Å². The molecule has 2 atom stereocenters. The van der Waals surface area contributed by atoms with Crippen LogP contribution in [-0.2, 0) is 9.59 Å². The van der Waals surface area contributed by atoms with E-state index in [1.54, 1.807) is 0 Å². The van der Waals surface area contributed by atoms with Gasteiger partial charge in [0.25, 0.3) is 0 Å². The number of carboxylic acids is 1. The van der Waals surface area contributed by atoms with Crippen LogP contribution in [0.15, 0.2) is 0 Å². The van der Waals surface area contributed by atoms with Gasteiger partial charge in [0.1, 0.15) is 0 Å². The minimum Gasteiger partial charge on any atom is -0.481 e. The predicted molar refractivity (Wildman–Crippen MR) is 64.7 cm³/mol. The largest absolute Gasteiger partial charge is 0.481 e. The maximum absolute atomic E-state index is 11.8. The quantitative estimate of drug-likeness (QED) is 0.744. The third-order valence-corrected chi connectivity index (χ3v) is 3.05. The number of piperazine rings is 1. The molecule has 17 heavy (non-hydrogen) atoms. The van der Waals surface area contributed by atoms with Crippen LogP contribution in [0.2, 0.25) is 0 Å². The molecule has 1 rings (SSSR count). The first kappa shape index (κ1) is 14.0. The van der Waals surface area contributed by atoms with E-state index in [1.807, 2.05) is 0 Å². The van der Waals surface area contributed by atoms with Gasteiger partial charge < -0.3 is 10.4 Å². The molecule has 1 aliphatic heterocycles. The van der Waals surface area contributed by atoms with Crippen molar-refractivity contribution in [3.63, 3.8) is 0 Å². The van der Waals surface area contributed by atoms with E-state index in [2.05, 4.69) is 31.0 Å². The van der Waals surface area contributed by atoms with Crippen LogP contribution in [-0.4, -0.2) is 47.1 Å². The van der Waals surface area contributed by atoms with Crippen molar-refractivity contribution in [2.75, 3.05) is 13.1 Å². The molecule has 0 aromatic rings. The molecule has 0 spiro atoms. The Balaban J connectivity index is 2.69. The number of rotatable bonds is 5. The van der Waals surface area contributed by atoms with Gasteiger partial charge >= 0.3 is 5.97 Å². The highest BCUT2D eigenvalue weighted by Crippen LogP contribution is 2.17. The molecule has 5 heteroatoms. The molecule has 0 saturated carbocycles. The van der Waals surface area contributed by atoms with Gasteiger partial charge in [0.15, 0.2) is 0 Å². The number of hydrogen-bond donors (Lipinski definition) is 2. The first-order valence-electron chi connectivity index (χ1n) is 6.17. The monoisotopic (exact) mass is 242 g/mol. The third-order valence-electron chi connectivity index (χ3n) is 3.05. The highest BCUT2D eigenvalue weighted by molar-refractivity contribution is 5.83. The van der Waals surface area contributed by atoms with E-state index in [9.17, 15) is 9.59 Å². The summed E-state index contributed by atoms with van der Waals surface area (Å²) in [5, 5.41) is 11.5. The molecule has 1 aliphatic rings. The van der Waals surface area contributed by atoms with Crippen molar-refractivity contribution in [1.29, 1.82) is 0 Å². The molecular formula is C12H22N2O3. The van der Waals surface area contributed by atoms with E-state index in [4.69, 9.17) is 5.11 Å². The summed E-state index contributed by atoms with van der Waals surface area (Å²) >= 11 is 0. The molecule has 2 N–H and O–H groups in total. The maximum atomic E-state index is 11.8. The number of nitrogens with one attached hydrogen (secondary N) is 1. The Bertz CT molecular complexity index is 291. The van der Waals surface area contributed by atoms with Gasteiger partial charge in [-0.15, -0.1) is 0 Å². The minimum absolute atomic E-state index is 0.0370. The van der Waals surface area contributed by atoms with Crippen molar-refractivity contribution < 1.29 is 14.7 Å². The topological polar surface area (TPSA) is 69.6 Å². The SMILES string of the molecule is CC(C)CN1C(C)CNC(=O)C1CCC(=O)O. The summed E-state index contributed by atoms with van der Waals surface area (Å²) in [5.74, 6) is -0.416. The standard InChI is InChI=1S/C12H22N2O3/c1-8(2)7-14-9(3)6-13-12(17)10(14)4-5-11(15)16/h8-10H,4-7H2,1-3H3,(H,13,17)(H,15,16). The van der Waals surface area contributed by atoms with Crippen molar-refractivity contribution in [2.24, 2.45) is 5.92 Å². The molecular weight excluding hydrogens is 220 g/mol. The zero-order valence-electron chi connectivity index (χ0n) is 10.8. The van der Waals surface area contributed by atoms with Crippen LogP contribution >= 0.6 is 0 Å². The van der Waals surface area contributed by atoms with E-state index < -0.39 is 5.97 Å². The number of amides is 1. The van der Waals surface area contributed by atoms with Crippen LogP contribution < -0.4 is 5.32 Å². The van der Waals surface area contributed by atoms with Crippen molar-refractivity contribution >= 4 is 11.9 Å². The molecule has 1 fully saturated rings. The van der Waals surface area contributed by atoms with Crippen molar-refractivity contribution in [3.8, 4) is 0 Å². The molecule has 98 valence electrons. The summed E-state index contributed by atoms with van der Waals surface area (Å²) in [6.07, 6.45) is 0.428. The highest BCUT2D eigenvalue weighted by Gasteiger charge is 2.34. The molecule has 1 saturated heterocycles. The van der Waals surface area contributed by atoms with E-state index in [0.29, 0.717) is 18.9 Å². The molecule has 0 aliphatic carbocycles. The zero-order valence-corrected chi connectivity index (χ0v) is 10.8. The first-order valence-corrected chi connectivity index (χ1v) is 6.17. The normalized spacial score (nSPS) is 26.0. The lowest BCUT2D eigenvalue weighted by Crippen LogP contribution is -2.60. The number of aliphatic carboxylic acids is 1. The minimum atomic E-state index is -0.847. The number of carbonyl (C=O) groups is 2. The molecule has 0 aromatic heterocycles. The summed E-state index contributed by atoms with van der Waals surface area (Å²) in [5.41, 5.74) is 0. The zero-order chi connectivity index (χ0) is 13.0. The van der Waals surface area contributed by atoms with Crippen molar-refractivity contribution in [1.82, 2.24) is 10.2 Å². The Hall–Kier alpha value is -1.10. The summed E-state index contributed by atoms with van der Waals surface area (Å²) in [6.45, 7) is 7.75. The number of carbonyl (C=O) groups excluding carboxylic acids is 1. The first-order chi connectivity index (χ1) is 7.91. The fourth-order valence-electron chi connectivity index (χ4n) is 2.23. The summed E-state index contributed by atoms with van der Waals surface area (Å²) in [7, 11) is 0. The molecule has 0 aromatic carbocycles. The molecule has 2 unspecified atom stereocenters. The summed E-state index contributed by atoms with van der Waals surface area (Å²) < 4.78 is 0. The Morgan fingerprint density at radius 3 is 2.76 bits per heavy atom. The van der Waals surface area contributed by atoms with Gasteiger partial charge in [0.05, 0.1) is 6.04 Å². The number of nitrogens with zero attached hydrogens (tertiary/aromatic N) is 1. The van der Waals surface area contributed by atoms with Crippen LogP contribution in [0.1, 0.15) is 33.6 Å². The second-order valence-corrected chi connectivity index (χ2v) is 5.13. The van der Waals surface area contributed by atoms with Crippen molar-refractivity contribution in [2.45, 2.75) is 45.7 Å². The average Bonchev–Trinajstić information content (AvgIpc) is 2.22. The van der Waals surface area contributed by atoms with Crippen LogP contribution in [0.5, 0.6) is 0 Å². The third kappa shape index (κ3) is 4.00. The Morgan fingerprint density at radius 1 is 1.59 bits per heavy atom. The average molecular weight is 242 g/mol. The molecule has 5 nitrogen and oxygen atoms in total. The molecule has 1 heterocycles. The van der Waals surface area contributed by atoms with Crippen LogP contribution in [0, 0.1) is 5.92 Å². The van der Waals surface area contributed by atoms with Gasteiger partial charge in [-0.25, -0.2) is 0 Å². The van der Waals surface area contributed by atoms with E-state index in [1.165, 1.54) is 0 Å². The lowest BCUT2D eigenvalue weighted by atomic mass is 10.0. The summed E-state index contributed by atoms with van der Waals surface area (Å²) in [4.78, 5) is 24.5. The van der Waals surface area contributed by atoms with E-state index in [-0.39, 0.29) is 24.4 Å². The van der Waals surface area contributed by atoms with Gasteiger partial charge in [-0.3, -0.25) is 14.5 Å². The molecule has 0 radical (unpaired) electrons. The van der Waals surface area contributed by atoms with Gasteiger partial charge in [-0.1, -0.05) is 13.8 Å². The Labute approximate surface area is 102 Å². The molecule has 1 amide bonds. The second kappa shape index (κ2) is 6.00. The lowest BCUT2D eigenvalue weighted by Gasteiger charge is -2.40. The smallest absolute Gasteiger partial charge is 0.303 e. The van der Waals surface area contributed by atoms with Gasteiger partial charge in [0.2, 0.25) is 5.91 Å². The maximum Gasteiger partial charge on any atom is 0.303 e. The fourth-order valence-corrected chi connectivity index (χ4v) is 2.23. The Morgan fingerprint density at radius 2 is 2.24 bits per heavy atom. The Kier molecular flexibility index (Phi) is 4.93. The van der Waals surface area contributed by atoms with Crippen LogP contribution in [0.4, 0.5) is 0 Å². The number of carboxylic acid groups (broad SMARTS) is 1. The van der Waals surface area contributed by atoms with Crippen molar-refractivity contribution in [3.05, 3.63) is 0 Å². The lowest BCUT2D eigenvalue weighted by molar-refractivity contribution is -0.138. The number of hydrogen-bond acceptors (Lipinski definition) is 3. The fraction of sp³-hybridized carbons (Fsp3) is 0.833. The predicted octanol–water partition coefficient (Wildman–Crippen LogP) is 0.696. The summed E-state index contributed by atoms with van der Waals surface area (Å²) in [6, 6.07) is -0.0221. The molecule has 0 bridgehead atoms. The van der Waals surface area contributed by atoms with Gasteiger partial charge in [-0.05, 0) is 19.3 Å².